The lowest BCUT2D eigenvalue weighted by Gasteiger charge is -2.21. The minimum Gasteiger partial charge on any atom is -0.375 e. The van der Waals surface area contributed by atoms with E-state index >= 15 is 0 Å². The molecule has 0 radical (unpaired) electrons. The Kier molecular flexibility index (Phi) is 4.96. The van der Waals surface area contributed by atoms with Gasteiger partial charge in [-0.05, 0) is 18.1 Å². The molecule has 0 spiro atoms. The van der Waals surface area contributed by atoms with Crippen molar-refractivity contribution in [3.05, 3.63) is 64.7 Å². The van der Waals surface area contributed by atoms with Gasteiger partial charge < -0.3 is 5.32 Å². The molecule has 2 aromatic rings. The van der Waals surface area contributed by atoms with Gasteiger partial charge in [0.15, 0.2) is 5.82 Å². The number of hydrogen-bond donors (Lipinski definition) is 1. The molecule has 0 aromatic heterocycles. The molecule has 0 aliphatic rings. The highest BCUT2D eigenvalue weighted by Gasteiger charge is 2.16. The first kappa shape index (κ1) is 14.8. The van der Waals surface area contributed by atoms with Gasteiger partial charge in [-0.3, -0.25) is 0 Å². The van der Waals surface area contributed by atoms with Crippen molar-refractivity contribution in [2.45, 2.75) is 25.8 Å². The summed E-state index contributed by atoms with van der Waals surface area (Å²) in [5, 5.41) is 3.14. The molecular weight excluding hydrogens is 280 g/mol. The average molecular weight is 296 g/mol. The first-order valence-electron chi connectivity index (χ1n) is 6.58. The van der Waals surface area contributed by atoms with E-state index in [1.54, 1.807) is 0 Å². The van der Waals surface area contributed by atoms with Crippen LogP contribution >= 0.6 is 11.6 Å². The van der Waals surface area contributed by atoms with Crippen LogP contribution in [-0.2, 0) is 0 Å². The van der Waals surface area contributed by atoms with E-state index in [1.165, 1.54) is 0 Å². The lowest BCUT2D eigenvalue weighted by atomic mass is 10.0. The summed E-state index contributed by atoms with van der Waals surface area (Å²) in [5.74, 6) is -1.35. The van der Waals surface area contributed by atoms with Crippen molar-refractivity contribution >= 4 is 17.3 Å². The summed E-state index contributed by atoms with van der Waals surface area (Å²) >= 11 is 5.92. The molecule has 1 N–H and O–H groups in total. The van der Waals surface area contributed by atoms with Gasteiger partial charge in [0.2, 0.25) is 0 Å². The third-order valence-corrected chi connectivity index (χ3v) is 3.40. The fourth-order valence-corrected chi connectivity index (χ4v) is 2.40. The quantitative estimate of drug-likeness (QED) is 0.760. The first-order valence-corrected chi connectivity index (χ1v) is 6.95. The molecule has 0 saturated heterocycles. The Morgan fingerprint density at radius 2 is 1.85 bits per heavy atom. The van der Waals surface area contributed by atoms with Gasteiger partial charge in [0.05, 0.1) is 16.8 Å². The maximum atomic E-state index is 13.8. The van der Waals surface area contributed by atoms with Gasteiger partial charge in [0, 0.05) is 6.07 Å². The molecule has 4 heteroatoms. The van der Waals surface area contributed by atoms with Crippen molar-refractivity contribution < 1.29 is 8.78 Å². The minimum atomic E-state index is -0.676. The highest BCUT2D eigenvalue weighted by atomic mass is 35.5. The van der Waals surface area contributed by atoms with Crippen molar-refractivity contribution in [3.63, 3.8) is 0 Å². The maximum absolute atomic E-state index is 13.8. The molecule has 0 fully saturated rings. The van der Waals surface area contributed by atoms with E-state index in [0.29, 0.717) is 0 Å². The number of anilines is 1. The summed E-state index contributed by atoms with van der Waals surface area (Å²) in [6, 6.07) is 11.6. The third-order valence-electron chi connectivity index (χ3n) is 3.10. The SMILES string of the molecule is CCCC(Nc1c(F)cc(F)cc1Cl)c1ccccc1. The molecule has 1 nitrogen and oxygen atoms in total. The van der Waals surface area contributed by atoms with Crippen molar-refractivity contribution in [3.8, 4) is 0 Å². The van der Waals surface area contributed by atoms with Crippen LogP contribution in [0.25, 0.3) is 0 Å². The minimum absolute atomic E-state index is 0.0551. The number of nitrogens with one attached hydrogen (secondary N) is 1. The molecule has 0 amide bonds. The monoisotopic (exact) mass is 295 g/mol. The maximum Gasteiger partial charge on any atom is 0.150 e. The highest BCUT2D eigenvalue weighted by molar-refractivity contribution is 6.33. The van der Waals surface area contributed by atoms with E-state index in [4.69, 9.17) is 11.6 Å². The van der Waals surface area contributed by atoms with Crippen LogP contribution in [0.15, 0.2) is 42.5 Å². The summed E-state index contributed by atoms with van der Waals surface area (Å²) in [6.45, 7) is 2.06. The fourth-order valence-electron chi connectivity index (χ4n) is 2.15. The van der Waals surface area contributed by atoms with Crippen molar-refractivity contribution in [2.75, 3.05) is 5.32 Å². The largest absolute Gasteiger partial charge is 0.375 e. The zero-order valence-electron chi connectivity index (χ0n) is 11.2. The molecule has 2 aromatic carbocycles. The van der Waals surface area contributed by atoms with E-state index in [0.717, 1.165) is 30.5 Å². The fraction of sp³-hybridized carbons (Fsp3) is 0.250. The lowest BCUT2D eigenvalue weighted by molar-refractivity contribution is 0.580. The van der Waals surface area contributed by atoms with Crippen molar-refractivity contribution in [1.82, 2.24) is 0 Å². The molecule has 2 rings (SSSR count). The Balaban J connectivity index is 2.30. The number of rotatable bonds is 5. The van der Waals surface area contributed by atoms with Gasteiger partial charge in [-0.25, -0.2) is 8.78 Å². The van der Waals surface area contributed by atoms with Crippen LogP contribution in [0.3, 0.4) is 0 Å². The summed E-state index contributed by atoms with van der Waals surface area (Å²) < 4.78 is 26.9. The molecule has 0 saturated carbocycles. The van der Waals surface area contributed by atoms with Crippen molar-refractivity contribution in [2.24, 2.45) is 0 Å². The second kappa shape index (κ2) is 6.71. The highest BCUT2D eigenvalue weighted by Crippen LogP contribution is 2.31. The molecule has 0 aliphatic carbocycles. The Labute approximate surface area is 122 Å². The van der Waals surface area contributed by atoms with Crippen LogP contribution in [0.2, 0.25) is 5.02 Å². The smallest absolute Gasteiger partial charge is 0.150 e. The molecule has 106 valence electrons. The Morgan fingerprint density at radius 1 is 1.15 bits per heavy atom. The van der Waals surface area contributed by atoms with E-state index in [-0.39, 0.29) is 16.8 Å². The zero-order valence-corrected chi connectivity index (χ0v) is 11.9. The molecular formula is C16H16ClF2N. The van der Waals surface area contributed by atoms with Crippen molar-refractivity contribution in [1.29, 1.82) is 0 Å². The van der Waals surface area contributed by atoms with E-state index in [9.17, 15) is 8.78 Å². The van der Waals surface area contributed by atoms with Gasteiger partial charge >= 0.3 is 0 Å². The van der Waals surface area contributed by atoms with Gasteiger partial charge in [0.25, 0.3) is 0 Å². The van der Waals surface area contributed by atoms with E-state index < -0.39 is 11.6 Å². The standard InChI is InChI=1S/C16H16ClF2N/c1-2-6-15(11-7-4-3-5-8-11)20-16-13(17)9-12(18)10-14(16)19/h3-5,7-10,15,20H,2,6H2,1H3. The average Bonchev–Trinajstić information content (AvgIpc) is 2.42. The van der Waals surface area contributed by atoms with Crippen LogP contribution in [0.1, 0.15) is 31.4 Å². The second-order valence-electron chi connectivity index (χ2n) is 4.64. The van der Waals surface area contributed by atoms with Crippen LogP contribution in [-0.4, -0.2) is 0 Å². The van der Waals surface area contributed by atoms with Crippen LogP contribution in [0.4, 0.5) is 14.5 Å². The van der Waals surface area contributed by atoms with Gasteiger partial charge in [0.1, 0.15) is 5.82 Å². The molecule has 1 atom stereocenters. The van der Waals surface area contributed by atoms with Gasteiger partial charge in [-0.1, -0.05) is 55.3 Å². The molecule has 0 aliphatic heterocycles. The Morgan fingerprint density at radius 3 is 2.45 bits per heavy atom. The topological polar surface area (TPSA) is 12.0 Å². The summed E-state index contributed by atoms with van der Waals surface area (Å²) in [4.78, 5) is 0. The second-order valence-corrected chi connectivity index (χ2v) is 5.05. The zero-order chi connectivity index (χ0) is 14.5. The Bertz CT molecular complexity index is 549. The molecule has 0 heterocycles. The van der Waals surface area contributed by atoms with Gasteiger partial charge in [-0.15, -0.1) is 0 Å². The number of halogens is 3. The Hall–Kier alpha value is -1.61. The predicted molar refractivity (Wildman–Crippen MR) is 79.1 cm³/mol. The number of benzene rings is 2. The summed E-state index contributed by atoms with van der Waals surface area (Å²) in [7, 11) is 0. The lowest BCUT2D eigenvalue weighted by Crippen LogP contribution is -2.12. The summed E-state index contributed by atoms with van der Waals surface area (Å²) in [6.07, 6.45) is 1.77. The van der Waals surface area contributed by atoms with Crippen LogP contribution in [0.5, 0.6) is 0 Å². The van der Waals surface area contributed by atoms with E-state index in [2.05, 4.69) is 12.2 Å². The molecule has 0 bridgehead atoms. The van der Waals surface area contributed by atoms with Crippen LogP contribution < -0.4 is 5.32 Å². The van der Waals surface area contributed by atoms with Gasteiger partial charge in [-0.2, -0.15) is 0 Å². The third kappa shape index (κ3) is 3.48. The molecule has 20 heavy (non-hydrogen) atoms. The summed E-state index contributed by atoms with van der Waals surface area (Å²) in [5.41, 5.74) is 1.20. The number of hydrogen-bond acceptors (Lipinski definition) is 1. The first-order chi connectivity index (χ1) is 9.61. The normalized spacial score (nSPS) is 12.2. The molecule has 1 unspecified atom stereocenters. The van der Waals surface area contributed by atoms with E-state index in [1.807, 2.05) is 30.3 Å². The van der Waals surface area contributed by atoms with Crippen LogP contribution in [0, 0.1) is 11.6 Å². The predicted octanol–water partition coefficient (Wildman–Crippen LogP) is 5.57.